The van der Waals surface area contributed by atoms with Crippen molar-refractivity contribution in [2.45, 2.75) is 39.2 Å². The van der Waals surface area contributed by atoms with Gasteiger partial charge in [0.15, 0.2) is 0 Å². The molecule has 7 heteroatoms. The van der Waals surface area contributed by atoms with Gasteiger partial charge in [-0.1, -0.05) is 37.3 Å². The maximum Gasteiger partial charge on any atom is 0.307 e. The van der Waals surface area contributed by atoms with Gasteiger partial charge in [0.25, 0.3) is 5.91 Å². The summed E-state index contributed by atoms with van der Waals surface area (Å²) in [4.78, 5) is 34.4. The summed E-state index contributed by atoms with van der Waals surface area (Å²) in [5, 5.41) is 0.829. The van der Waals surface area contributed by atoms with E-state index in [4.69, 9.17) is 4.74 Å². The Morgan fingerprint density at radius 3 is 2.79 bits per heavy atom. The van der Waals surface area contributed by atoms with E-state index in [-0.39, 0.29) is 18.3 Å². The van der Waals surface area contributed by atoms with Gasteiger partial charge in [-0.2, -0.15) is 0 Å². The van der Waals surface area contributed by atoms with Crippen LogP contribution in [0.5, 0.6) is 0 Å². The van der Waals surface area contributed by atoms with E-state index in [0.717, 1.165) is 36.5 Å². The Morgan fingerprint density at radius 1 is 1.28 bits per heavy atom. The van der Waals surface area contributed by atoms with Crippen LogP contribution >= 0.6 is 11.3 Å². The number of likely N-dealkylation sites (tertiary alicyclic amines) is 1. The van der Waals surface area contributed by atoms with Gasteiger partial charge in [-0.3, -0.25) is 14.5 Å². The van der Waals surface area contributed by atoms with Gasteiger partial charge in [-0.05, 0) is 32.9 Å². The number of likely N-dealkylation sites (N-methyl/N-ethyl adjacent to an activating group) is 1. The summed E-state index contributed by atoms with van der Waals surface area (Å²) in [6.07, 6.45) is 4.09. The van der Waals surface area contributed by atoms with Crippen LogP contribution < -0.4 is 0 Å². The Kier molecular flexibility index (Phi) is 7.77. The number of rotatable bonds is 9. The number of aromatic nitrogens is 1. The first kappa shape index (κ1) is 21.5. The molecule has 1 atom stereocenters. The first-order valence-corrected chi connectivity index (χ1v) is 11.1. The summed E-state index contributed by atoms with van der Waals surface area (Å²) in [5.74, 6) is -0.324. The standard InChI is InChI=1S/C22H29N3O3S/c1-3-24-13-8-11-18(24)16-25(14-12-20(26)28-4-2)22(27)19-15-23-21(29-19)17-9-6-5-7-10-17/h5-7,9-10,15,18H,3-4,8,11-14,16H2,1-2H3. The molecule has 1 aromatic carbocycles. The van der Waals surface area contributed by atoms with E-state index in [1.54, 1.807) is 18.0 Å². The maximum absolute atomic E-state index is 13.3. The van der Waals surface area contributed by atoms with E-state index in [9.17, 15) is 9.59 Å². The molecule has 2 heterocycles. The fraction of sp³-hybridized carbons (Fsp3) is 0.500. The lowest BCUT2D eigenvalue weighted by molar-refractivity contribution is -0.143. The Bertz CT molecular complexity index is 809. The van der Waals surface area contributed by atoms with E-state index < -0.39 is 0 Å². The Balaban J connectivity index is 1.74. The molecule has 6 nitrogen and oxygen atoms in total. The Hall–Kier alpha value is -2.25. The molecule has 3 rings (SSSR count). The Labute approximate surface area is 176 Å². The molecule has 0 saturated carbocycles. The van der Waals surface area contributed by atoms with Gasteiger partial charge in [0.05, 0.1) is 19.2 Å². The summed E-state index contributed by atoms with van der Waals surface area (Å²) in [6.45, 7) is 7.34. The summed E-state index contributed by atoms with van der Waals surface area (Å²) >= 11 is 1.40. The monoisotopic (exact) mass is 415 g/mol. The minimum absolute atomic E-state index is 0.0584. The Morgan fingerprint density at radius 2 is 2.07 bits per heavy atom. The minimum Gasteiger partial charge on any atom is -0.466 e. The number of hydrogen-bond acceptors (Lipinski definition) is 6. The van der Waals surface area contributed by atoms with Crippen LogP contribution in [0.3, 0.4) is 0 Å². The van der Waals surface area contributed by atoms with E-state index in [1.807, 2.05) is 30.3 Å². The van der Waals surface area contributed by atoms with Crippen LogP contribution in [0.15, 0.2) is 36.5 Å². The molecule has 1 fully saturated rings. The van der Waals surface area contributed by atoms with Crippen LogP contribution in [0.1, 0.15) is 42.8 Å². The predicted octanol–water partition coefficient (Wildman–Crippen LogP) is 3.69. The van der Waals surface area contributed by atoms with Gasteiger partial charge in [0.1, 0.15) is 9.88 Å². The van der Waals surface area contributed by atoms with Gasteiger partial charge in [-0.15, -0.1) is 11.3 Å². The molecule has 1 amide bonds. The fourth-order valence-electron chi connectivity index (χ4n) is 3.75. The van der Waals surface area contributed by atoms with E-state index in [1.165, 1.54) is 11.3 Å². The van der Waals surface area contributed by atoms with Gasteiger partial charge in [0.2, 0.25) is 0 Å². The highest BCUT2D eigenvalue weighted by molar-refractivity contribution is 7.16. The number of carbonyl (C=O) groups excluding carboxylic acids is 2. The van der Waals surface area contributed by atoms with Gasteiger partial charge in [-0.25, -0.2) is 4.98 Å². The van der Waals surface area contributed by atoms with Crippen molar-refractivity contribution < 1.29 is 14.3 Å². The van der Waals surface area contributed by atoms with Crippen molar-refractivity contribution in [1.29, 1.82) is 0 Å². The smallest absolute Gasteiger partial charge is 0.307 e. The van der Waals surface area contributed by atoms with Crippen molar-refractivity contribution in [2.24, 2.45) is 0 Å². The van der Waals surface area contributed by atoms with Crippen LogP contribution in [0, 0.1) is 0 Å². The van der Waals surface area contributed by atoms with Crippen LogP contribution in [0.4, 0.5) is 0 Å². The summed E-state index contributed by atoms with van der Waals surface area (Å²) < 4.78 is 5.05. The second kappa shape index (κ2) is 10.5. The second-order valence-corrected chi connectivity index (χ2v) is 8.16. The van der Waals surface area contributed by atoms with Crippen molar-refractivity contribution in [3.8, 4) is 10.6 Å². The van der Waals surface area contributed by atoms with Gasteiger partial charge >= 0.3 is 5.97 Å². The summed E-state index contributed by atoms with van der Waals surface area (Å²) in [6, 6.07) is 10.2. The van der Waals surface area contributed by atoms with Crippen molar-refractivity contribution in [3.63, 3.8) is 0 Å². The summed E-state index contributed by atoms with van der Waals surface area (Å²) in [5.41, 5.74) is 1.00. The largest absolute Gasteiger partial charge is 0.466 e. The highest BCUT2D eigenvalue weighted by Gasteiger charge is 2.28. The van der Waals surface area contributed by atoms with E-state index >= 15 is 0 Å². The molecule has 0 spiro atoms. The second-order valence-electron chi connectivity index (χ2n) is 7.13. The summed E-state index contributed by atoms with van der Waals surface area (Å²) in [7, 11) is 0. The fourth-order valence-corrected chi connectivity index (χ4v) is 4.64. The highest BCUT2D eigenvalue weighted by atomic mass is 32.1. The molecule has 1 unspecified atom stereocenters. The first-order chi connectivity index (χ1) is 14.1. The lowest BCUT2D eigenvalue weighted by Gasteiger charge is -2.30. The predicted molar refractivity (Wildman–Crippen MR) is 115 cm³/mol. The molecule has 1 aliphatic rings. The zero-order chi connectivity index (χ0) is 20.6. The third kappa shape index (κ3) is 5.64. The minimum atomic E-state index is -0.265. The molecule has 0 N–H and O–H groups in total. The lowest BCUT2D eigenvalue weighted by atomic mass is 10.2. The highest BCUT2D eigenvalue weighted by Crippen LogP contribution is 2.26. The van der Waals surface area contributed by atoms with E-state index in [2.05, 4.69) is 16.8 Å². The molecule has 1 aromatic heterocycles. The van der Waals surface area contributed by atoms with Crippen molar-refractivity contribution in [3.05, 3.63) is 41.4 Å². The number of thiazole rings is 1. The molecule has 2 aromatic rings. The van der Waals surface area contributed by atoms with Gasteiger partial charge in [0, 0.05) is 24.7 Å². The lowest BCUT2D eigenvalue weighted by Crippen LogP contribution is -2.43. The SMILES string of the molecule is CCOC(=O)CCN(CC1CCCN1CC)C(=O)c1cnc(-c2ccccc2)s1. The van der Waals surface area contributed by atoms with Crippen molar-refractivity contribution >= 4 is 23.2 Å². The third-order valence-corrected chi connectivity index (χ3v) is 6.29. The topological polar surface area (TPSA) is 62.7 Å². The molecule has 1 saturated heterocycles. The van der Waals surface area contributed by atoms with Crippen LogP contribution in [-0.2, 0) is 9.53 Å². The normalized spacial score (nSPS) is 16.7. The van der Waals surface area contributed by atoms with Crippen LogP contribution in [-0.4, -0.2) is 65.5 Å². The number of carbonyl (C=O) groups is 2. The number of benzene rings is 1. The molecule has 29 heavy (non-hydrogen) atoms. The average Bonchev–Trinajstić information content (AvgIpc) is 3.41. The van der Waals surface area contributed by atoms with E-state index in [0.29, 0.717) is 30.6 Å². The molecule has 0 radical (unpaired) electrons. The average molecular weight is 416 g/mol. The molecule has 1 aliphatic heterocycles. The molecule has 156 valence electrons. The zero-order valence-corrected chi connectivity index (χ0v) is 18.0. The number of amides is 1. The quantitative estimate of drug-likeness (QED) is 0.585. The van der Waals surface area contributed by atoms with Crippen LogP contribution in [0.25, 0.3) is 10.6 Å². The van der Waals surface area contributed by atoms with Crippen molar-refractivity contribution in [1.82, 2.24) is 14.8 Å². The van der Waals surface area contributed by atoms with Gasteiger partial charge < -0.3 is 9.64 Å². The third-order valence-electron chi connectivity index (χ3n) is 5.25. The molecular formula is C22H29N3O3S. The zero-order valence-electron chi connectivity index (χ0n) is 17.2. The number of esters is 1. The van der Waals surface area contributed by atoms with Crippen LogP contribution in [0.2, 0.25) is 0 Å². The van der Waals surface area contributed by atoms with Crippen molar-refractivity contribution in [2.75, 3.05) is 32.8 Å². The maximum atomic E-state index is 13.3. The molecular weight excluding hydrogens is 386 g/mol. The first-order valence-electron chi connectivity index (χ1n) is 10.3. The number of ether oxygens (including phenoxy) is 1. The number of hydrogen-bond donors (Lipinski definition) is 0. The molecule has 0 aliphatic carbocycles. The molecule has 0 bridgehead atoms. The number of nitrogens with zero attached hydrogens (tertiary/aromatic N) is 3.